The number of hydrogen-bond acceptors (Lipinski definition) is 7. The number of fused-ring (bicyclic) bond motifs is 1. The Labute approximate surface area is 274 Å². The van der Waals surface area contributed by atoms with E-state index in [1.54, 1.807) is 27.1 Å². The smallest absolute Gasteiger partial charge is 0.409 e. The zero-order valence-electron chi connectivity index (χ0n) is 26.9. The number of unbranched alkanes of at least 4 members (excludes halogenated alkanes) is 1. The molecule has 0 spiro atoms. The number of nitrogens with one attached hydrogen (secondary N) is 1. The molecule has 0 bridgehead atoms. The summed E-state index contributed by atoms with van der Waals surface area (Å²) in [6.07, 6.45) is 3.27. The number of pyridine rings is 1. The van der Waals surface area contributed by atoms with E-state index in [0.29, 0.717) is 43.8 Å². The van der Waals surface area contributed by atoms with E-state index in [4.69, 9.17) is 19.2 Å². The molecule has 2 aromatic heterocycles. The highest BCUT2D eigenvalue weighted by Gasteiger charge is 2.24. The van der Waals surface area contributed by atoms with Gasteiger partial charge in [-0.1, -0.05) is 74.0 Å². The SMILES string of the molecule is CCCCOC(=O)N1CCC(Nc2ccc3c(c2)n(C)c(=O)n3-c2ccc(OCc3ccccc3)nc2OCc2ccccc2)CC1. The number of likely N-dealkylation sites (tertiary alicyclic amines) is 1. The van der Waals surface area contributed by atoms with Gasteiger partial charge in [-0.3, -0.25) is 9.13 Å². The van der Waals surface area contributed by atoms with Crippen LogP contribution in [0.1, 0.15) is 43.7 Å². The van der Waals surface area contributed by atoms with Gasteiger partial charge in [0.2, 0.25) is 11.8 Å². The van der Waals surface area contributed by atoms with E-state index in [9.17, 15) is 9.59 Å². The summed E-state index contributed by atoms with van der Waals surface area (Å²) in [4.78, 5) is 32.6. The number of amides is 1. The molecule has 1 saturated heterocycles. The summed E-state index contributed by atoms with van der Waals surface area (Å²) in [5.41, 5.74) is 4.75. The predicted molar refractivity (Wildman–Crippen MR) is 182 cm³/mol. The first-order chi connectivity index (χ1) is 23.0. The van der Waals surface area contributed by atoms with E-state index >= 15 is 0 Å². The molecule has 0 unspecified atom stereocenters. The number of carbonyl (C=O) groups is 1. The summed E-state index contributed by atoms with van der Waals surface area (Å²) < 4.78 is 20.9. The van der Waals surface area contributed by atoms with Crippen LogP contribution in [-0.2, 0) is 25.0 Å². The van der Waals surface area contributed by atoms with Crippen molar-refractivity contribution in [2.45, 2.75) is 51.9 Å². The van der Waals surface area contributed by atoms with Crippen molar-refractivity contribution >= 4 is 22.8 Å². The second-order valence-corrected chi connectivity index (χ2v) is 11.8. The Morgan fingerprint density at radius 1 is 0.872 bits per heavy atom. The average Bonchev–Trinajstić information content (AvgIpc) is 3.36. The number of piperidine rings is 1. The number of nitrogens with zero attached hydrogens (tertiary/aromatic N) is 4. The summed E-state index contributed by atoms with van der Waals surface area (Å²) in [5, 5.41) is 3.61. The fourth-order valence-electron chi connectivity index (χ4n) is 5.73. The van der Waals surface area contributed by atoms with Crippen molar-refractivity contribution in [3.8, 4) is 17.4 Å². The number of aromatic nitrogens is 3. The van der Waals surface area contributed by atoms with Gasteiger partial charge >= 0.3 is 11.8 Å². The lowest BCUT2D eigenvalue weighted by atomic mass is 10.0. The molecule has 0 radical (unpaired) electrons. The van der Waals surface area contributed by atoms with E-state index in [1.807, 2.05) is 84.9 Å². The minimum Gasteiger partial charge on any atom is -0.473 e. The maximum Gasteiger partial charge on any atom is 0.409 e. The maximum absolute atomic E-state index is 13.7. The van der Waals surface area contributed by atoms with Crippen molar-refractivity contribution in [3.63, 3.8) is 0 Å². The van der Waals surface area contributed by atoms with Gasteiger partial charge in [-0.2, -0.15) is 4.98 Å². The number of benzene rings is 3. The molecule has 1 fully saturated rings. The summed E-state index contributed by atoms with van der Waals surface area (Å²) in [6.45, 7) is 4.47. The van der Waals surface area contributed by atoms with Crippen LogP contribution in [0.3, 0.4) is 0 Å². The van der Waals surface area contributed by atoms with Crippen molar-refractivity contribution in [2.75, 3.05) is 25.0 Å². The minimum atomic E-state index is -0.230. The summed E-state index contributed by atoms with van der Waals surface area (Å²) in [7, 11) is 1.77. The Balaban J connectivity index is 1.22. The molecule has 47 heavy (non-hydrogen) atoms. The zero-order chi connectivity index (χ0) is 32.6. The molecule has 6 rings (SSSR count). The van der Waals surface area contributed by atoms with Crippen LogP contribution in [-0.4, -0.2) is 50.8 Å². The average molecular weight is 636 g/mol. The second kappa shape index (κ2) is 14.9. The largest absolute Gasteiger partial charge is 0.473 e. The van der Waals surface area contributed by atoms with Crippen LogP contribution in [0.15, 0.2) is 95.8 Å². The number of rotatable bonds is 12. The topological polar surface area (TPSA) is 99.9 Å². The third-order valence-corrected chi connectivity index (χ3v) is 8.41. The second-order valence-electron chi connectivity index (χ2n) is 11.8. The molecule has 10 nitrogen and oxygen atoms in total. The highest BCUT2D eigenvalue weighted by atomic mass is 16.6. The van der Waals surface area contributed by atoms with Crippen LogP contribution in [0.25, 0.3) is 16.7 Å². The molecule has 1 aliphatic rings. The molecule has 3 aromatic carbocycles. The molecule has 1 amide bonds. The summed E-state index contributed by atoms with van der Waals surface area (Å²) in [6, 6.07) is 29.4. The van der Waals surface area contributed by atoms with Gasteiger partial charge in [0, 0.05) is 37.9 Å². The number of carbonyl (C=O) groups excluding carboxylic acids is 1. The van der Waals surface area contributed by atoms with Crippen LogP contribution >= 0.6 is 0 Å². The van der Waals surface area contributed by atoms with Gasteiger partial charge in [0.25, 0.3) is 0 Å². The van der Waals surface area contributed by atoms with Crippen LogP contribution in [0.5, 0.6) is 11.8 Å². The van der Waals surface area contributed by atoms with Gasteiger partial charge in [-0.05, 0) is 54.7 Å². The van der Waals surface area contributed by atoms with Gasteiger partial charge in [0.15, 0.2) is 0 Å². The molecular formula is C37H41N5O5. The van der Waals surface area contributed by atoms with Crippen molar-refractivity contribution < 1.29 is 19.0 Å². The quantitative estimate of drug-likeness (QED) is 0.152. The monoisotopic (exact) mass is 635 g/mol. The molecule has 1 N–H and O–H groups in total. The van der Waals surface area contributed by atoms with Crippen LogP contribution in [0.4, 0.5) is 10.5 Å². The highest BCUT2D eigenvalue weighted by Crippen LogP contribution is 2.29. The molecule has 0 aliphatic carbocycles. The fraction of sp³-hybridized carbons (Fsp3) is 0.324. The number of hydrogen-bond donors (Lipinski definition) is 1. The minimum absolute atomic E-state index is 0.205. The van der Waals surface area contributed by atoms with E-state index in [2.05, 4.69) is 12.2 Å². The Morgan fingerprint density at radius 2 is 1.55 bits per heavy atom. The Hall–Kier alpha value is -5.25. The molecule has 0 atom stereocenters. The Bertz CT molecular complexity index is 1850. The van der Waals surface area contributed by atoms with Crippen LogP contribution in [0, 0.1) is 0 Å². The highest BCUT2D eigenvalue weighted by molar-refractivity contribution is 5.82. The van der Waals surface area contributed by atoms with Gasteiger partial charge in [-0.15, -0.1) is 0 Å². The third kappa shape index (κ3) is 7.60. The molecule has 0 saturated carbocycles. The molecule has 1 aliphatic heterocycles. The van der Waals surface area contributed by atoms with Gasteiger partial charge in [0.05, 0.1) is 17.6 Å². The first-order valence-corrected chi connectivity index (χ1v) is 16.2. The fourth-order valence-corrected chi connectivity index (χ4v) is 5.73. The van der Waals surface area contributed by atoms with E-state index in [1.165, 1.54) is 0 Å². The lowest BCUT2D eigenvalue weighted by Crippen LogP contribution is -2.42. The molecule has 244 valence electrons. The number of ether oxygens (including phenoxy) is 3. The van der Waals surface area contributed by atoms with Crippen molar-refractivity contribution in [2.24, 2.45) is 7.05 Å². The third-order valence-electron chi connectivity index (χ3n) is 8.41. The van der Waals surface area contributed by atoms with Crippen LogP contribution in [0.2, 0.25) is 0 Å². The molecule has 3 heterocycles. The first-order valence-electron chi connectivity index (χ1n) is 16.2. The van der Waals surface area contributed by atoms with E-state index in [-0.39, 0.29) is 24.4 Å². The summed E-state index contributed by atoms with van der Waals surface area (Å²) in [5.74, 6) is 0.705. The molecular weight excluding hydrogens is 594 g/mol. The van der Waals surface area contributed by atoms with Crippen molar-refractivity contribution in [1.29, 1.82) is 0 Å². The number of aryl methyl sites for hydroxylation is 1. The normalized spacial score (nSPS) is 13.4. The Kier molecular flexibility index (Phi) is 10.1. The summed E-state index contributed by atoms with van der Waals surface area (Å²) >= 11 is 0. The first kappa shape index (κ1) is 31.7. The Morgan fingerprint density at radius 3 is 2.23 bits per heavy atom. The zero-order valence-corrected chi connectivity index (χ0v) is 26.9. The standard InChI is InChI=1S/C37H41N5O5/c1-3-4-23-45-37(44)41-21-19-29(20-22-41)38-30-15-16-31-33(24-30)40(2)36(43)42(31)32-17-18-34(46-25-27-11-7-5-8-12-27)39-35(32)47-26-28-13-9-6-10-14-28/h5-18,24,29,38H,3-4,19-23,25-26H2,1-2H3. The van der Waals surface area contributed by atoms with Crippen molar-refractivity contribution in [3.05, 3.63) is 113 Å². The van der Waals surface area contributed by atoms with Crippen LogP contribution < -0.4 is 20.5 Å². The lowest BCUT2D eigenvalue weighted by molar-refractivity contribution is 0.0928. The molecule has 5 aromatic rings. The van der Waals surface area contributed by atoms with Crippen molar-refractivity contribution in [1.82, 2.24) is 19.0 Å². The predicted octanol–water partition coefficient (Wildman–Crippen LogP) is 6.70. The maximum atomic E-state index is 13.7. The van der Waals surface area contributed by atoms with Gasteiger partial charge in [-0.25, -0.2) is 9.59 Å². The van der Waals surface area contributed by atoms with E-state index in [0.717, 1.165) is 53.5 Å². The molecule has 10 heteroatoms. The van der Waals surface area contributed by atoms with Gasteiger partial charge < -0.3 is 24.4 Å². The lowest BCUT2D eigenvalue weighted by Gasteiger charge is -2.32. The van der Waals surface area contributed by atoms with E-state index < -0.39 is 0 Å². The van der Waals surface area contributed by atoms with Gasteiger partial charge in [0.1, 0.15) is 18.9 Å². The number of imidazole rings is 1. The number of anilines is 1.